The molecule has 0 aromatic heterocycles. The van der Waals surface area contributed by atoms with Crippen molar-refractivity contribution >= 4 is 23.5 Å². The van der Waals surface area contributed by atoms with E-state index >= 15 is 0 Å². The van der Waals surface area contributed by atoms with E-state index in [1.807, 2.05) is 6.92 Å². The molecule has 6 heteroatoms. The molecule has 0 aliphatic carbocycles. The fourth-order valence-electron chi connectivity index (χ4n) is 2.98. The largest absolute Gasteiger partial charge is 0.479 e. The highest BCUT2D eigenvalue weighted by Crippen LogP contribution is 2.35. The van der Waals surface area contributed by atoms with Gasteiger partial charge in [0.2, 0.25) is 0 Å². The lowest BCUT2D eigenvalue weighted by Gasteiger charge is -2.34. The maximum absolute atomic E-state index is 13.9. The molecule has 1 N–H and O–H groups in total. The molecule has 1 amide bonds. The van der Waals surface area contributed by atoms with E-state index < -0.39 is 23.2 Å². The van der Waals surface area contributed by atoms with Crippen molar-refractivity contribution in [1.29, 1.82) is 0 Å². The number of aliphatic carboxylic acids is 1. The zero-order valence-electron chi connectivity index (χ0n) is 11.7. The van der Waals surface area contributed by atoms with E-state index in [1.165, 1.54) is 17.0 Å². The van der Waals surface area contributed by atoms with E-state index in [9.17, 15) is 19.1 Å². The number of hydrogen-bond donors (Lipinski definition) is 1. The highest BCUT2D eigenvalue weighted by atomic mass is 35.5. The second-order valence-corrected chi connectivity index (χ2v) is 5.71. The average molecular weight is 314 g/mol. The van der Waals surface area contributed by atoms with Gasteiger partial charge in [-0.05, 0) is 37.5 Å². The highest BCUT2D eigenvalue weighted by molar-refractivity contribution is 6.31. The average Bonchev–Trinajstić information content (AvgIpc) is 2.86. The third-order valence-electron chi connectivity index (χ3n) is 3.95. The molecule has 0 saturated carbocycles. The van der Waals surface area contributed by atoms with Crippen LogP contribution >= 0.6 is 11.6 Å². The predicted octanol–water partition coefficient (Wildman–Crippen LogP) is 3.34. The Bertz CT molecular complexity index is 578. The maximum Gasteiger partial charge on any atom is 0.329 e. The molecule has 1 fully saturated rings. The van der Waals surface area contributed by atoms with Gasteiger partial charge in [-0.25, -0.2) is 9.18 Å². The molecule has 2 rings (SSSR count). The number of hydrogen-bond acceptors (Lipinski definition) is 2. The molecule has 21 heavy (non-hydrogen) atoms. The normalized spacial score (nSPS) is 21.6. The van der Waals surface area contributed by atoms with Gasteiger partial charge in [-0.3, -0.25) is 4.79 Å². The predicted molar refractivity (Wildman–Crippen MR) is 77.0 cm³/mol. The van der Waals surface area contributed by atoms with Crippen LogP contribution in [0.4, 0.5) is 4.39 Å². The first-order valence-electron chi connectivity index (χ1n) is 6.93. The summed E-state index contributed by atoms with van der Waals surface area (Å²) in [6, 6.07) is 3.72. The summed E-state index contributed by atoms with van der Waals surface area (Å²) in [5.41, 5.74) is -1.41. The molecular weight excluding hydrogens is 297 g/mol. The summed E-state index contributed by atoms with van der Waals surface area (Å²) < 4.78 is 13.9. The molecule has 1 atom stereocenters. The molecule has 0 radical (unpaired) electrons. The Kier molecular flexibility index (Phi) is 4.52. The van der Waals surface area contributed by atoms with Gasteiger partial charge < -0.3 is 10.0 Å². The lowest BCUT2D eigenvalue weighted by molar-refractivity contribution is -0.148. The summed E-state index contributed by atoms with van der Waals surface area (Å²) in [4.78, 5) is 25.6. The number of halogens is 2. The summed E-state index contributed by atoms with van der Waals surface area (Å²) in [6.45, 7) is 2.18. The van der Waals surface area contributed by atoms with Gasteiger partial charge >= 0.3 is 5.97 Å². The van der Waals surface area contributed by atoms with Crippen LogP contribution < -0.4 is 0 Å². The molecule has 1 aliphatic rings. The number of likely N-dealkylation sites (tertiary alicyclic amines) is 1. The molecule has 114 valence electrons. The summed E-state index contributed by atoms with van der Waals surface area (Å²) in [5.74, 6) is -2.33. The van der Waals surface area contributed by atoms with Crippen molar-refractivity contribution in [3.05, 3.63) is 34.6 Å². The standard InChI is InChI=1S/C15H17ClFNO3/c1-2-6-15(14(20)21)7-3-8-18(15)13(19)11-9-10(16)4-5-12(11)17/h4-5,9H,2-3,6-8H2,1H3,(H,20,21). The molecule has 0 bridgehead atoms. The van der Waals surface area contributed by atoms with Gasteiger partial charge in [-0.15, -0.1) is 0 Å². The number of benzene rings is 1. The van der Waals surface area contributed by atoms with Crippen molar-refractivity contribution in [2.75, 3.05) is 6.54 Å². The Hall–Kier alpha value is -1.62. The van der Waals surface area contributed by atoms with Crippen molar-refractivity contribution in [1.82, 2.24) is 4.90 Å². The Labute approximate surface area is 127 Å². The zero-order chi connectivity index (χ0) is 15.6. The van der Waals surface area contributed by atoms with Crippen LogP contribution in [0.25, 0.3) is 0 Å². The Balaban J connectivity index is 2.41. The summed E-state index contributed by atoms with van der Waals surface area (Å²) in [6.07, 6.45) is 1.98. The van der Waals surface area contributed by atoms with E-state index in [2.05, 4.69) is 0 Å². The van der Waals surface area contributed by atoms with Crippen LogP contribution in [-0.2, 0) is 4.79 Å². The molecule has 1 unspecified atom stereocenters. The van der Waals surface area contributed by atoms with Crippen LogP contribution in [0.15, 0.2) is 18.2 Å². The van der Waals surface area contributed by atoms with Crippen molar-refractivity contribution < 1.29 is 19.1 Å². The summed E-state index contributed by atoms with van der Waals surface area (Å²) in [5, 5.41) is 9.82. The summed E-state index contributed by atoms with van der Waals surface area (Å²) >= 11 is 5.81. The number of carbonyl (C=O) groups excluding carboxylic acids is 1. The first-order valence-corrected chi connectivity index (χ1v) is 7.30. The Morgan fingerprint density at radius 1 is 1.48 bits per heavy atom. The van der Waals surface area contributed by atoms with Crippen LogP contribution in [0.5, 0.6) is 0 Å². The van der Waals surface area contributed by atoms with Crippen molar-refractivity contribution in [2.24, 2.45) is 0 Å². The monoisotopic (exact) mass is 313 g/mol. The fourth-order valence-corrected chi connectivity index (χ4v) is 3.16. The van der Waals surface area contributed by atoms with E-state index in [1.54, 1.807) is 0 Å². The lowest BCUT2D eigenvalue weighted by Crippen LogP contribution is -2.53. The fraction of sp³-hybridized carbons (Fsp3) is 0.467. The van der Waals surface area contributed by atoms with Crippen molar-refractivity contribution in [3.8, 4) is 0 Å². The molecule has 4 nitrogen and oxygen atoms in total. The molecule has 1 aromatic carbocycles. The van der Waals surface area contributed by atoms with Gasteiger partial charge in [0.1, 0.15) is 11.4 Å². The van der Waals surface area contributed by atoms with Crippen molar-refractivity contribution in [3.63, 3.8) is 0 Å². The van der Waals surface area contributed by atoms with Crippen LogP contribution in [0.2, 0.25) is 5.02 Å². The SMILES string of the molecule is CCCC1(C(=O)O)CCCN1C(=O)c1cc(Cl)ccc1F. The van der Waals surface area contributed by atoms with Gasteiger partial charge in [-0.1, -0.05) is 24.9 Å². The number of amides is 1. The van der Waals surface area contributed by atoms with Gasteiger partial charge in [-0.2, -0.15) is 0 Å². The minimum absolute atomic E-state index is 0.175. The van der Waals surface area contributed by atoms with Gasteiger partial charge in [0.25, 0.3) is 5.91 Å². The smallest absolute Gasteiger partial charge is 0.329 e. The van der Waals surface area contributed by atoms with Crippen molar-refractivity contribution in [2.45, 2.75) is 38.1 Å². The Morgan fingerprint density at radius 3 is 2.81 bits per heavy atom. The first-order chi connectivity index (χ1) is 9.92. The second kappa shape index (κ2) is 6.02. The quantitative estimate of drug-likeness (QED) is 0.927. The summed E-state index contributed by atoms with van der Waals surface area (Å²) in [7, 11) is 0. The molecule has 1 aromatic rings. The number of carboxylic acid groups (broad SMARTS) is 1. The van der Waals surface area contributed by atoms with E-state index in [0.717, 1.165) is 6.07 Å². The lowest BCUT2D eigenvalue weighted by atomic mass is 9.90. The van der Waals surface area contributed by atoms with Crippen LogP contribution in [0.1, 0.15) is 43.0 Å². The van der Waals surface area contributed by atoms with E-state index in [0.29, 0.717) is 32.2 Å². The molecule has 1 saturated heterocycles. The molecule has 1 heterocycles. The van der Waals surface area contributed by atoms with Gasteiger partial charge in [0.15, 0.2) is 0 Å². The van der Waals surface area contributed by atoms with Crippen LogP contribution in [0, 0.1) is 5.82 Å². The minimum atomic E-state index is -1.24. The van der Waals surface area contributed by atoms with Gasteiger partial charge in [0, 0.05) is 11.6 Å². The molecule has 1 aliphatic heterocycles. The maximum atomic E-state index is 13.9. The third kappa shape index (κ3) is 2.75. The van der Waals surface area contributed by atoms with Crippen LogP contribution in [0.3, 0.4) is 0 Å². The van der Waals surface area contributed by atoms with Gasteiger partial charge in [0.05, 0.1) is 5.56 Å². The molecular formula is C15H17ClFNO3. The Morgan fingerprint density at radius 2 is 2.19 bits per heavy atom. The second-order valence-electron chi connectivity index (χ2n) is 5.27. The third-order valence-corrected chi connectivity index (χ3v) is 4.19. The number of rotatable bonds is 4. The zero-order valence-corrected chi connectivity index (χ0v) is 12.5. The highest BCUT2D eigenvalue weighted by Gasteiger charge is 2.49. The number of nitrogens with zero attached hydrogens (tertiary/aromatic N) is 1. The van der Waals surface area contributed by atoms with Crippen LogP contribution in [-0.4, -0.2) is 34.0 Å². The van der Waals surface area contributed by atoms with E-state index in [4.69, 9.17) is 11.6 Å². The molecule has 0 spiro atoms. The topological polar surface area (TPSA) is 57.6 Å². The first kappa shape index (κ1) is 15.8. The minimum Gasteiger partial charge on any atom is -0.479 e. The number of carbonyl (C=O) groups is 2. The van der Waals surface area contributed by atoms with E-state index in [-0.39, 0.29) is 10.6 Å². The number of carboxylic acids is 1.